The summed E-state index contributed by atoms with van der Waals surface area (Å²) in [4.78, 5) is 10.9. The zero-order valence-corrected chi connectivity index (χ0v) is 11.0. The topological polar surface area (TPSA) is 72.3 Å². The molecule has 0 fully saturated rings. The van der Waals surface area contributed by atoms with Crippen LogP contribution in [0.5, 0.6) is 11.6 Å². The molecule has 2 aromatic rings. The summed E-state index contributed by atoms with van der Waals surface area (Å²) >= 11 is 3.29. The molecule has 6 heteroatoms. The quantitative estimate of drug-likeness (QED) is 0.943. The first-order valence-corrected chi connectivity index (χ1v) is 5.85. The minimum absolute atomic E-state index is 0.147. The first-order valence-electron chi connectivity index (χ1n) is 5.06. The Hall–Kier alpha value is -1.95. The second kappa shape index (κ2) is 5.14. The van der Waals surface area contributed by atoms with Crippen molar-refractivity contribution in [2.75, 3.05) is 0 Å². The lowest BCUT2D eigenvalue weighted by molar-refractivity contribution is 0.0696. The van der Waals surface area contributed by atoms with Crippen LogP contribution < -0.4 is 4.74 Å². The van der Waals surface area contributed by atoms with Gasteiger partial charge in [0.1, 0.15) is 5.75 Å². The van der Waals surface area contributed by atoms with E-state index >= 15 is 0 Å². The van der Waals surface area contributed by atoms with Crippen molar-refractivity contribution in [1.82, 2.24) is 10.2 Å². The third kappa shape index (κ3) is 2.84. The maximum Gasteiger partial charge on any atom is 0.335 e. The summed E-state index contributed by atoms with van der Waals surface area (Å²) in [6, 6.07) is 6.24. The number of hydrogen-bond donors (Lipinski definition) is 1. The van der Waals surface area contributed by atoms with Gasteiger partial charge in [0.15, 0.2) is 0 Å². The fourth-order valence-electron chi connectivity index (χ4n) is 1.31. The number of aromatic carboxylic acids is 1. The molecular formula is C12H9BrN2O3. The van der Waals surface area contributed by atoms with Gasteiger partial charge in [-0.05, 0) is 46.6 Å². The minimum atomic E-state index is -1.01. The molecular weight excluding hydrogens is 300 g/mol. The smallest absolute Gasteiger partial charge is 0.335 e. The Labute approximate surface area is 112 Å². The van der Waals surface area contributed by atoms with Crippen LogP contribution in [0.25, 0.3) is 0 Å². The van der Waals surface area contributed by atoms with Gasteiger partial charge in [-0.3, -0.25) is 0 Å². The Morgan fingerprint density at radius 1 is 1.39 bits per heavy atom. The number of carbonyl (C=O) groups is 1. The number of nitrogens with zero attached hydrogens (tertiary/aromatic N) is 2. The molecule has 18 heavy (non-hydrogen) atoms. The largest absolute Gasteiger partial charge is 0.478 e. The van der Waals surface area contributed by atoms with E-state index in [0.717, 1.165) is 5.56 Å². The fourth-order valence-corrected chi connectivity index (χ4v) is 1.64. The molecule has 0 atom stereocenters. The van der Waals surface area contributed by atoms with E-state index in [0.29, 0.717) is 16.1 Å². The Morgan fingerprint density at radius 3 is 2.83 bits per heavy atom. The number of ether oxygens (including phenoxy) is 1. The number of aryl methyl sites for hydroxylation is 1. The van der Waals surface area contributed by atoms with E-state index in [1.165, 1.54) is 12.1 Å². The van der Waals surface area contributed by atoms with Gasteiger partial charge in [-0.15, -0.1) is 5.10 Å². The molecule has 1 N–H and O–H groups in total. The number of benzene rings is 1. The molecule has 0 aliphatic carbocycles. The monoisotopic (exact) mass is 308 g/mol. The lowest BCUT2D eigenvalue weighted by Crippen LogP contribution is -1.98. The highest BCUT2D eigenvalue weighted by atomic mass is 79.9. The van der Waals surface area contributed by atoms with Crippen LogP contribution in [0.3, 0.4) is 0 Å². The Balaban J connectivity index is 2.33. The molecule has 1 heterocycles. The van der Waals surface area contributed by atoms with Gasteiger partial charge in [0, 0.05) is 6.07 Å². The number of halogens is 1. The zero-order chi connectivity index (χ0) is 13.1. The molecule has 0 bridgehead atoms. The predicted octanol–water partition coefficient (Wildman–Crippen LogP) is 3.04. The lowest BCUT2D eigenvalue weighted by atomic mass is 10.2. The van der Waals surface area contributed by atoms with Crippen LogP contribution in [0.4, 0.5) is 0 Å². The van der Waals surface area contributed by atoms with Crippen molar-refractivity contribution in [3.8, 4) is 11.6 Å². The third-order valence-corrected chi connectivity index (χ3v) is 2.82. The molecule has 2 rings (SSSR count). The first-order chi connectivity index (χ1) is 8.56. The van der Waals surface area contributed by atoms with Crippen molar-refractivity contribution in [2.45, 2.75) is 6.92 Å². The standard InChI is InChI=1S/C12H9BrN2O3/c1-7-4-11(15-14-6-7)18-10-5-8(12(16)17)2-3-9(10)13/h2-6H,1H3,(H,16,17). The third-order valence-electron chi connectivity index (χ3n) is 2.16. The van der Waals surface area contributed by atoms with E-state index in [1.54, 1.807) is 18.3 Å². The Kier molecular flexibility index (Phi) is 3.57. The zero-order valence-electron chi connectivity index (χ0n) is 9.42. The highest BCUT2D eigenvalue weighted by Gasteiger charge is 2.09. The van der Waals surface area contributed by atoms with Crippen molar-refractivity contribution in [2.24, 2.45) is 0 Å². The Bertz CT molecular complexity index is 602. The Morgan fingerprint density at radius 2 is 2.17 bits per heavy atom. The van der Waals surface area contributed by atoms with Gasteiger partial charge < -0.3 is 9.84 Å². The van der Waals surface area contributed by atoms with E-state index in [-0.39, 0.29) is 5.56 Å². The van der Waals surface area contributed by atoms with E-state index < -0.39 is 5.97 Å². The number of hydrogen-bond acceptors (Lipinski definition) is 4. The molecule has 0 amide bonds. The average Bonchev–Trinajstić information content (AvgIpc) is 2.31. The highest BCUT2D eigenvalue weighted by Crippen LogP contribution is 2.29. The van der Waals surface area contributed by atoms with Crippen molar-refractivity contribution < 1.29 is 14.6 Å². The van der Waals surface area contributed by atoms with Gasteiger partial charge in [-0.2, -0.15) is 5.10 Å². The molecule has 92 valence electrons. The second-order valence-corrected chi connectivity index (χ2v) is 4.48. The van der Waals surface area contributed by atoms with Crippen LogP contribution in [0.15, 0.2) is 34.9 Å². The van der Waals surface area contributed by atoms with Crippen LogP contribution in [0.2, 0.25) is 0 Å². The van der Waals surface area contributed by atoms with E-state index in [1.807, 2.05) is 6.92 Å². The highest BCUT2D eigenvalue weighted by molar-refractivity contribution is 9.10. The summed E-state index contributed by atoms with van der Waals surface area (Å²) in [6.45, 7) is 1.87. The molecule has 0 aliphatic rings. The van der Waals surface area contributed by atoms with Crippen LogP contribution in [-0.4, -0.2) is 21.3 Å². The fraction of sp³-hybridized carbons (Fsp3) is 0.0833. The summed E-state index contributed by atoms with van der Waals surface area (Å²) in [5.74, 6) is -0.310. The molecule has 0 aliphatic heterocycles. The minimum Gasteiger partial charge on any atom is -0.478 e. The molecule has 1 aromatic heterocycles. The summed E-state index contributed by atoms with van der Waals surface area (Å²) in [5.41, 5.74) is 1.05. The molecule has 0 spiro atoms. The number of aromatic nitrogens is 2. The number of carboxylic acids is 1. The molecule has 0 saturated carbocycles. The molecule has 0 saturated heterocycles. The molecule has 0 unspecified atom stereocenters. The van der Waals surface area contributed by atoms with Crippen molar-refractivity contribution in [3.63, 3.8) is 0 Å². The van der Waals surface area contributed by atoms with Gasteiger partial charge in [0.25, 0.3) is 0 Å². The van der Waals surface area contributed by atoms with Crippen molar-refractivity contribution in [3.05, 3.63) is 46.1 Å². The van der Waals surface area contributed by atoms with Crippen LogP contribution >= 0.6 is 15.9 Å². The van der Waals surface area contributed by atoms with Crippen molar-refractivity contribution >= 4 is 21.9 Å². The normalized spacial score (nSPS) is 10.1. The number of carboxylic acid groups (broad SMARTS) is 1. The first kappa shape index (κ1) is 12.5. The van der Waals surface area contributed by atoms with E-state index in [4.69, 9.17) is 9.84 Å². The molecule has 5 nitrogen and oxygen atoms in total. The SMILES string of the molecule is Cc1cnnc(Oc2cc(C(=O)O)ccc2Br)c1. The van der Waals surface area contributed by atoms with E-state index in [2.05, 4.69) is 26.1 Å². The second-order valence-electron chi connectivity index (χ2n) is 3.62. The summed E-state index contributed by atoms with van der Waals surface area (Å²) in [7, 11) is 0. The van der Waals surface area contributed by atoms with Crippen molar-refractivity contribution in [1.29, 1.82) is 0 Å². The average molecular weight is 309 g/mol. The summed E-state index contributed by atoms with van der Waals surface area (Å²) in [6.07, 6.45) is 1.61. The van der Waals surface area contributed by atoms with Gasteiger partial charge in [0.2, 0.25) is 5.88 Å². The van der Waals surface area contributed by atoms with Gasteiger partial charge in [0.05, 0.1) is 16.2 Å². The maximum absolute atomic E-state index is 10.9. The predicted molar refractivity (Wildman–Crippen MR) is 67.9 cm³/mol. The molecule has 1 aromatic carbocycles. The van der Waals surface area contributed by atoms with Gasteiger partial charge in [-0.1, -0.05) is 0 Å². The van der Waals surface area contributed by atoms with Crippen LogP contribution in [-0.2, 0) is 0 Å². The van der Waals surface area contributed by atoms with Crippen LogP contribution in [0.1, 0.15) is 15.9 Å². The number of rotatable bonds is 3. The maximum atomic E-state index is 10.9. The van der Waals surface area contributed by atoms with Gasteiger partial charge in [-0.25, -0.2) is 4.79 Å². The summed E-state index contributed by atoms with van der Waals surface area (Å²) in [5, 5.41) is 16.5. The summed E-state index contributed by atoms with van der Waals surface area (Å²) < 4.78 is 6.15. The van der Waals surface area contributed by atoms with E-state index in [9.17, 15) is 4.79 Å². The van der Waals surface area contributed by atoms with Gasteiger partial charge >= 0.3 is 5.97 Å². The van der Waals surface area contributed by atoms with Crippen LogP contribution in [0, 0.1) is 6.92 Å². The lowest BCUT2D eigenvalue weighted by Gasteiger charge is -2.07. The molecule has 0 radical (unpaired) electrons.